The average molecular weight is 357 g/mol. The zero-order valence-electron chi connectivity index (χ0n) is 12.0. The van der Waals surface area contributed by atoms with E-state index < -0.39 is 0 Å². The smallest absolute Gasteiger partial charge is 0.0767 e. The lowest BCUT2D eigenvalue weighted by molar-refractivity contribution is 0.547. The monoisotopic (exact) mass is 355 g/mol. The van der Waals surface area contributed by atoms with Gasteiger partial charge in [-0.2, -0.15) is 5.10 Å². The van der Waals surface area contributed by atoms with Crippen LogP contribution in [0.4, 0.5) is 0 Å². The quantitative estimate of drug-likeness (QED) is 0.868. The molecule has 1 atom stereocenters. The van der Waals surface area contributed by atoms with Crippen LogP contribution in [0.5, 0.6) is 0 Å². The van der Waals surface area contributed by atoms with Gasteiger partial charge in [0.15, 0.2) is 0 Å². The fourth-order valence-electron chi connectivity index (χ4n) is 2.13. The number of rotatable bonds is 5. The zero-order chi connectivity index (χ0) is 14.7. The highest BCUT2D eigenvalue weighted by Crippen LogP contribution is 2.22. The van der Waals surface area contributed by atoms with Gasteiger partial charge in [-0.15, -0.1) is 0 Å². The molecule has 3 nitrogen and oxygen atoms in total. The summed E-state index contributed by atoms with van der Waals surface area (Å²) in [4.78, 5) is 0. The van der Waals surface area contributed by atoms with Crippen molar-refractivity contribution in [2.24, 2.45) is 7.05 Å². The van der Waals surface area contributed by atoms with Crippen LogP contribution in [0.25, 0.3) is 0 Å². The van der Waals surface area contributed by atoms with Crippen LogP contribution in [0, 0.1) is 0 Å². The third-order valence-electron chi connectivity index (χ3n) is 3.45. The van der Waals surface area contributed by atoms with Gasteiger partial charge in [0.2, 0.25) is 0 Å². The van der Waals surface area contributed by atoms with Crippen molar-refractivity contribution in [2.75, 3.05) is 0 Å². The van der Waals surface area contributed by atoms with Crippen LogP contribution in [0.3, 0.4) is 0 Å². The predicted octanol–water partition coefficient (Wildman–Crippen LogP) is 4.25. The summed E-state index contributed by atoms with van der Waals surface area (Å²) in [6, 6.07) is 8.21. The third kappa shape index (κ3) is 3.43. The second-order valence-electron chi connectivity index (χ2n) is 4.84. The van der Waals surface area contributed by atoms with Gasteiger partial charge in [0.25, 0.3) is 0 Å². The molecule has 0 amide bonds. The van der Waals surface area contributed by atoms with Crippen LogP contribution in [-0.4, -0.2) is 9.78 Å². The molecule has 0 saturated carbocycles. The summed E-state index contributed by atoms with van der Waals surface area (Å²) in [5, 5.41) is 8.79. The Bertz CT molecular complexity index is 578. The molecule has 5 heteroatoms. The highest BCUT2D eigenvalue weighted by molar-refractivity contribution is 9.10. The van der Waals surface area contributed by atoms with Crippen LogP contribution in [0.15, 0.2) is 28.7 Å². The molecule has 108 valence electrons. The maximum atomic E-state index is 5.91. The lowest BCUT2D eigenvalue weighted by Crippen LogP contribution is -2.20. The number of nitrogens with zero attached hydrogens (tertiary/aromatic N) is 2. The average Bonchev–Trinajstić information content (AvgIpc) is 2.71. The van der Waals surface area contributed by atoms with Crippen molar-refractivity contribution in [3.63, 3.8) is 0 Å². The molecular weight excluding hydrogens is 338 g/mol. The molecule has 2 rings (SSSR count). The first-order valence-electron chi connectivity index (χ1n) is 6.72. The van der Waals surface area contributed by atoms with Gasteiger partial charge in [0.05, 0.1) is 15.9 Å². The first-order valence-corrected chi connectivity index (χ1v) is 7.89. The van der Waals surface area contributed by atoms with E-state index >= 15 is 0 Å². The minimum absolute atomic E-state index is 0.263. The third-order valence-corrected chi connectivity index (χ3v) is 4.62. The molecule has 1 heterocycles. The predicted molar refractivity (Wildman–Crippen MR) is 87.0 cm³/mol. The Hall–Kier alpha value is -0.840. The van der Waals surface area contributed by atoms with Crippen LogP contribution in [0.2, 0.25) is 5.02 Å². The summed E-state index contributed by atoms with van der Waals surface area (Å²) in [7, 11) is 1.98. The van der Waals surface area contributed by atoms with Crippen molar-refractivity contribution in [2.45, 2.75) is 32.9 Å². The summed E-state index contributed by atoms with van der Waals surface area (Å²) in [6.45, 7) is 5.03. The number of benzene rings is 1. The van der Waals surface area contributed by atoms with Crippen LogP contribution in [0.1, 0.15) is 36.8 Å². The summed E-state index contributed by atoms with van der Waals surface area (Å²) >= 11 is 9.55. The van der Waals surface area contributed by atoms with E-state index in [-0.39, 0.29) is 6.04 Å². The van der Waals surface area contributed by atoms with Crippen molar-refractivity contribution in [3.8, 4) is 0 Å². The van der Waals surface area contributed by atoms with E-state index in [9.17, 15) is 0 Å². The molecule has 20 heavy (non-hydrogen) atoms. The Morgan fingerprint density at radius 2 is 2.00 bits per heavy atom. The summed E-state index contributed by atoms with van der Waals surface area (Å²) in [5.41, 5.74) is 3.49. The molecule has 1 N–H and O–H groups in total. The van der Waals surface area contributed by atoms with E-state index in [1.807, 2.05) is 23.9 Å². The van der Waals surface area contributed by atoms with E-state index in [2.05, 4.69) is 52.3 Å². The fraction of sp³-hybridized carbons (Fsp3) is 0.400. The molecule has 0 spiro atoms. The minimum atomic E-state index is 0.263. The van der Waals surface area contributed by atoms with Crippen molar-refractivity contribution in [3.05, 3.63) is 50.7 Å². The van der Waals surface area contributed by atoms with Gasteiger partial charge in [-0.1, -0.05) is 30.7 Å². The Morgan fingerprint density at radius 1 is 1.35 bits per heavy atom. The van der Waals surface area contributed by atoms with Gasteiger partial charge in [0.1, 0.15) is 0 Å². The lowest BCUT2D eigenvalue weighted by Gasteiger charge is -2.14. The molecule has 1 aromatic carbocycles. The van der Waals surface area contributed by atoms with Gasteiger partial charge in [-0.3, -0.25) is 4.68 Å². The highest BCUT2D eigenvalue weighted by Gasteiger charge is 2.13. The number of hydrogen-bond donors (Lipinski definition) is 1. The number of halogens is 2. The fourth-order valence-corrected chi connectivity index (χ4v) is 3.01. The van der Waals surface area contributed by atoms with E-state index in [1.54, 1.807) is 0 Å². The van der Waals surface area contributed by atoms with Gasteiger partial charge in [-0.05, 0) is 47.0 Å². The number of aryl methyl sites for hydroxylation is 2. The van der Waals surface area contributed by atoms with E-state index in [0.29, 0.717) is 0 Å². The molecular formula is C15H19BrClN3. The van der Waals surface area contributed by atoms with Gasteiger partial charge in [0, 0.05) is 24.7 Å². The van der Waals surface area contributed by atoms with Crippen molar-refractivity contribution < 1.29 is 0 Å². The standard InChI is InChI=1S/C15H19BrClN3/c1-4-13-15(16)14(20(3)19-13)9-18-10(2)11-5-7-12(17)8-6-11/h5-8,10,18H,4,9H2,1-3H3/t10-/m0/s1. The molecule has 0 radical (unpaired) electrons. The van der Waals surface area contributed by atoms with E-state index in [1.165, 1.54) is 11.3 Å². The molecule has 0 aliphatic heterocycles. The maximum absolute atomic E-state index is 5.91. The normalized spacial score (nSPS) is 12.7. The summed E-state index contributed by atoms with van der Waals surface area (Å²) in [6.07, 6.45) is 0.932. The SMILES string of the molecule is CCc1nn(C)c(CN[C@@H](C)c2ccc(Cl)cc2)c1Br. The second-order valence-corrected chi connectivity index (χ2v) is 6.07. The lowest BCUT2D eigenvalue weighted by atomic mass is 10.1. The van der Waals surface area contributed by atoms with Crippen molar-refractivity contribution >= 4 is 27.5 Å². The largest absolute Gasteiger partial charge is 0.305 e. The molecule has 1 aromatic heterocycles. The molecule has 2 aromatic rings. The summed E-state index contributed by atoms with van der Waals surface area (Å²) < 4.78 is 3.04. The topological polar surface area (TPSA) is 29.9 Å². The Morgan fingerprint density at radius 3 is 2.55 bits per heavy atom. The van der Waals surface area contributed by atoms with Crippen LogP contribution >= 0.6 is 27.5 Å². The Balaban J connectivity index is 2.05. The Kier molecular flexibility index (Phi) is 5.24. The highest BCUT2D eigenvalue weighted by atomic mass is 79.9. The number of aromatic nitrogens is 2. The number of hydrogen-bond acceptors (Lipinski definition) is 2. The number of nitrogens with one attached hydrogen (secondary N) is 1. The van der Waals surface area contributed by atoms with E-state index in [0.717, 1.165) is 28.2 Å². The molecule has 0 unspecified atom stereocenters. The van der Waals surface area contributed by atoms with Gasteiger partial charge >= 0.3 is 0 Å². The van der Waals surface area contributed by atoms with Crippen LogP contribution in [-0.2, 0) is 20.0 Å². The van der Waals surface area contributed by atoms with E-state index in [4.69, 9.17) is 11.6 Å². The van der Waals surface area contributed by atoms with Gasteiger partial charge < -0.3 is 5.32 Å². The first-order chi connectivity index (χ1) is 9.52. The summed E-state index contributed by atoms with van der Waals surface area (Å²) in [5.74, 6) is 0. The van der Waals surface area contributed by atoms with Gasteiger partial charge in [-0.25, -0.2) is 0 Å². The van der Waals surface area contributed by atoms with Crippen LogP contribution < -0.4 is 5.32 Å². The van der Waals surface area contributed by atoms with Crippen molar-refractivity contribution in [1.29, 1.82) is 0 Å². The maximum Gasteiger partial charge on any atom is 0.0767 e. The zero-order valence-corrected chi connectivity index (χ0v) is 14.3. The Labute approximate surface area is 133 Å². The molecule has 0 saturated heterocycles. The molecule has 0 bridgehead atoms. The molecule has 0 aliphatic carbocycles. The van der Waals surface area contributed by atoms with Crippen molar-refractivity contribution in [1.82, 2.24) is 15.1 Å². The molecule has 0 aliphatic rings. The second kappa shape index (κ2) is 6.74. The minimum Gasteiger partial charge on any atom is -0.305 e. The first kappa shape index (κ1) is 15.5. The molecule has 0 fully saturated rings.